The average Bonchev–Trinajstić information content (AvgIpc) is 3.18. The molecule has 0 unspecified atom stereocenters. The summed E-state index contributed by atoms with van der Waals surface area (Å²) in [6, 6.07) is 3.58. The van der Waals surface area contributed by atoms with Crippen molar-refractivity contribution in [3.8, 4) is 0 Å². The van der Waals surface area contributed by atoms with Crippen LogP contribution >= 0.6 is 0 Å². The van der Waals surface area contributed by atoms with E-state index in [4.69, 9.17) is 0 Å². The Bertz CT molecular complexity index is 2280. The van der Waals surface area contributed by atoms with Crippen molar-refractivity contribution in [2.75, 3.05) is 10.6 Å². The highest BCUT2D eigenvalue weighted by molar-refractivity contribution is 6.01. The van der Waals surface area contributed by atoms with Gasteiger partial charge in [0.05, 0.1) is 11.4 Å². The summed E-state index contributed by atoms with van der Waals surface area (Å²) >= 11 is 0. The largest absolute Gasteiger partial charge is 0.460 e. The zero-order chi connectivity index (χ0) is 55.9. The lowest BCUT2D eigenvalue weighted by Crippen LogP contribution is -2.75. The lowest BCUT2D eigenvalue weighted by molar-refractivity contribution is -0.459. The molecule has 2 rings (SSSR count). The molecule has 0 aliphatic rings. The minimum Gasteiger partial charge on any atom is -0.321 e. The first-order chi connectivity index (χ1) is 30.5. The topological polar surface area (TPSA) is 82.9 Å². The van der Waals surface area contributed by atoms with Crippen LogP contribution in [-0.2, 0) is 9.59 Å². The maximum Gasteiger partial charge on any atom is 0.460 e. The van der Waals surface area contributed by atoms with Crippen LogP contribution in [0.3, 0.4) is 0 Å². The van der Waals surface area contributed by atoms with Crippen LogP contribution in [0, 0.1) is 0 Å². The van der Waals surface area contributed by atoms with Crippen LogP contribution < -0.4 is 10.6 Å². The van der Waals surface area contributed by atoms with Gasteiger partial charge in [-0.15, -0.1) is 5.11 Å². The van der Waals surface area contributed by atoms with Crippen LogP contribution in [0.1, 0.15) is 0 Å². The molecule has 0 atom stereocenters. The number of amides is 2. The molecule has 2 aromatic rings. The summed E-state index contributed by atoms with van der Waals surface area (Å²) < 4.78 is 465. The Labute approximate surface area is 359 Å². The molecule has 0 bridgehead atoms. The number of halogens is 34. The first kappa shape index (κ1) is 60.7. The van der Waals surface area contributed by atoms with Crippen molar-refractivity contribution in [1.29, 1.82) is 0 Å². The van der Waals surface area contributed by atoms with Crippen molar-refractivity contribution < 1.29 is 159 Å². The van der Waals surface area contributed by atoms with Crippen LogP contribution in [-0.4, -0.2) is 107 Å². The van der Waals surface area contributed by atoms with E-state index in [1.807, 2.05) is 0 Å². The number of hydrogen-bond donors (Lipinski definition) is 2. The molecule has 0 radical (unpaired) electrons. The van der Waals surface area contributed by atoms with E-state index in [1.54, 1.807) is 0 Å². The number of nitrogens with one attached hydrogen (secondary N) is 2. The molecule has 400 valence electrons. The molecule has 0 aliphatic heterocycles. The minimum absolute atomic E-state index is 0.0805. The summed E-state index contributed by atoms with van der Waals surface area (Å²) in [5, 5.41) is 6.26. The van der Waals surface area contributed by atoms with Gasteiger partial charge in [0.15, 0.2) is 0 Å². The van der Waals surface area contributed by atoms with Crippen LogP contribution in [0.15, 0.2) is 58.8 Å². The summed E-state index contributed by atoms with van der Waals surface area (Å²) in [6.45, 7) is 0. The molecule has 0 spiro atoms. The van der Waals surface area contributed by atoms with Crippen molar-refractivity contribution in [3.63, 3.8) is 0 Å². The van der Waals surface area contributed by atoms with E-state index >= 15 is 0 Å². The highest BCUT2D eigenvalue weighted by Gasteiger charge is 2.97. The molecule has 6 nitrogen and oxygen atoms in total. The molecule has 0 heterocycles. The third-order valence-electron chi connectivity index (χ3n) is 8.55. The molecule has 40 heteroatoms. The number of alkyl halides is 34. The molecule has 0 saturated carbocycles. The number of azo groups is 1. The summed E-state index contributed by atoms with van der Waals surface area (Å²) in [6.07, 6.45) is -16.3. The molecule has 2 N–H and O–H groups in total. The highest BCUT2D eigenvalue weighted by Crippen LogP contribution is 2.66. The lowest BCUT2D eigenvalue weighted by atomic mass is 9.88. The Morgan fingerprint density at radius 2 is 0.614 bits per heavy atom. The second kappa shape index (κ2) is 17.1. The molecule has 0 aromatic heterocycles. The van der Waals surface area contributed by atoms with E-state index in [9.17, 15) is 159 Å². The van der Waals surface area contributed by atoms with Crippen molar-refractivity contribution in [1.82, 2.24) is 0 Å². The van der Waals surface area contributed by atoms with E-state index in [0.29, 0.717) is 0 Å². The number of benzene rings is 2. The molecule has 0 saturated heterocycles. The molecule has 2 amide bonds. The Hall–Kier alpha value is -5.40. The van der Waals surface area contributed by atoms with E-state index in [1.165, 1.54) is 0 Å². The number of nitrogens with zero attached hydrogens (tertiary/aromatic N) is 2. The third-order valence-corrected chi connectivity index (χ3v) is 8.55. The standard InChI is InChI=1S/C30H10F34N4O2/c31-15(32,17(35,36)19(39,40)21(43,44)23(47,48)25(51,52)27(55,56)29(59,60)61)13(69)65-10-6-7-11(68-67-9-4-2-1-3-5-9)12(8-10)66-14(70)16(33,34)18(37,38)20(41,42)22(45,46)24(49,50)26(53,54)28(57,58)30(62,63)64/h1-8H,(H,65,69)(H,66,70). The van der Waals surface area contributed by atoms with Gasteiger partial charge in [0, 0.05) is 5.69 Å². The predicted octanol–water partition coefficient (Wildman–Crippen LogP) is 14.0. The summed E-state index contributed by atoms with van der Waals surface area (Å²) in [4.78, 5) is 24.3. The molecular weight excluding hydrogens is 1090 g/mol. The normalized spacial score (nSPS) is 15.6. The van der Waals surface area contributed by atoms with Crippen molar-refractivity contribution in [2.45, 2.75) is 95.3 Å². The number of anilines is 2. The van der Waals surface area contributed by atoms with Gasteiger partial charge in [0.2, 0.25) is 0 Å². The van der Waals surface area contributed by atoms with E-state index < -0.39 is 136 Å². The van der Waals surface area contributed by atoms with Crippen LogP contribution in [0.5, 0.6) is 0 Å². The van der Waals surface area contributed by atoms with E-state index in [0.717, 1.165) is 30.3 Å². The van der Waals surface area contributed by atoms with Crippen molar-refractivity contribution in [2.24, 2.45) is 10.2 Å². The highest BCUT2D eigenvalue weighted by atomic mass is 19.4. The van der Waals surface area contributed by atoms with Gasteiger partial charge < -0.3 is 10.6 Å². The number of hydrogen-bond acceptors (Lipinski definition) is 4. The zero-order valence-corrected chi connectivity index (χ0v) is 31.2. The van der Waals surface area contributed by atoms with Crippen molar-refractivity contribution >= 4 is 34.6 Å². The van der Waals surface area contributed by atoms with Gasteiger partial charge in [-0.25, -0.2) is 0 Å². The number of rotatable bonds is 18. The predicted molar refractivity (Wildman–Crippen MR) is 156 cm³/mol. The van der Waals surface area contributed by atoms with Gasteiger partial charge in [0.25, 0.3) is 0 Å². The Kier molecular flexibility index (Phi) is 14.9. The SMILES string of the molecule is O=C(Nc1ccc(N=Nc2ccccc2)c(NC(=O)C(F)(F)C(F)(F)C(F)(F)C(F)(F)C(F)(F)C(F)(F)C(F)(F)C(F)(F)F)c1)C(F)(F)C(F)(F)C(F)(F)C(F)(F)C(F)(F)C(F)(F)C(F)(F)C(F)(F)F. The van der Waals surface area contributed by atoms with Gasteiger partial charge in [-0.1, -0.05) is 18.2 Å². The molecular formula is C30H10F34N4O2. The monoisotopic (exact) mass is 1100 g/mol. The second-order valence-corrected chi connectivity index (χ2v) is 13.2. The van der Waals surface area contributed by atoms with E-state index in [2.05, 4.69) is 10.2 Å². The summed E-state index contributed by atoms with van der Waals surface area (Å²) in [5.41, 5.74) is -6.69. The van der Waals surface area contributed by atoms with Crippen molar-refractivity contribution in [3.05, 3.63) is 48.5 Å². The van der Waals surface area contributed by atoms with E-state index in [-0.39, 0.29) is 22.8 Å². The Balaban J connectivity index is 2.78. The Morgan fingerprint density at radius 1 is 0.329 bits per heavy atom. The van der Waals surface area contributed by atoms with Gasteiger partial charge in [-0.3, -0.25) is 9.59 Å². The summed E-state index contributed by atoms with van der Waals surface area (Å²) in [5.74, 6) is -133. The third kappa shape index (κ3) is 8.56. The first-order valence-electron chi connectivity index (χ1n) is 16.1. The molecule has 0 aliphatic carbocycles. The second-order valence-electron chi connectivity index (χ2n) is 13.2. The fourth-order valence-corrected chi connectivity index (χ4v) is 4.43. The number of carbonyl (C=O) groups excluding carboxylic acids is 2. The lowest BCUT2D eigenvalue weighted by Gasteiger charge is -2.42. The molecule has 0 fully saturated rings. The van der Waals surface area contributed by atoms with Gasteiger partial charge in [-0.2, -0.15) is 154 Å². The molecule has 2 aromatic carbocycles. The fraction of sp³-hybridized carbons (Fsp3) is 0.533. The maximum atomic E-state index is 14.7. The quantitative estimate of drug-likeness (QED) is 0.115. The Morgan fingerprint density at radius 3 is 0.929 bits per heavy atom. The number of carbonyl (C=O) groups is 2. The fourth-order valence-electron chi connectivity index (χ4n) is 4.43. The zero-order valence-electron chi connectivity index (χ0n) is 31.2. The van der Waals surface area contributed by atoms with Gasteiger partial charge in [-0.05, 0) is 30.3 Å². The maximum absolute atomic E-state index is 14.7. The van der Waals surface area contributed by atoms with Crippen LogP contribution in [0.2, 0.25) is 0 Å². The smallest absolute Gasteiger partial charge is 0.321 e. The summed E-state index contributed by atoms with van der Waals surface area (Å²) in [7, 11) is 0. The van der Waals surface area contributed by atoms with Crippen LogP contribution in [0.4, 0.5) is 172 Å². The van der Waals surface area contributed by atoms with Gasteiger partial charge >= 0.3 is 107 Å². The van der Waals surface area contributed by atoms with Gasteiger partial charge in [0.1, 0.15) is 5.69 Å². The van der Waals surface area contributed by atoms with Crippen LogP contribution in [0.25, 0.3) is 0 Å². The molecule has 70 heavy (non-hydrogen) atoms. The first-order valence-corrected chi connectivity index (χ1v) is 16.1. The average molecular weight is 1100 g/mol. The minimum atomic E-state index is -9.27.